The molecule has 0 fully saturated rings. The minimum Gasteiger partial charge on any atom is -0.508 e. The van der Waals surface area contributed by atoms with Crippen LogP contribution in [0.25, 0.3) is 0 Å². The average Bonchev–Trinajstić information content (AvgIpc) is 2.76. The zero-order valence-corrected chi connectivity index (χ0v) is 20.4. The third-order valence-electron chi connectivity index (χ3n) is 6.00. The molecule has 0 aliphatic rings. The third kappa shape index (κ3) is 21.7. The van der Waals surface area contributed by atoms with Crippen LogP contribution in [-0.4, -0.2) is 11.7 Å². The lowest BCUT2D eigenvalue weighted by Crippen LogP contribution is -2.06. The highest BCUT2D eigenvalue weighted by molar-refractivity contribution is 5.18. The number of phenolic OH excluding ortho intramolecular Hbond substituents is 1. The van der Waals surface area contributed by atoms with Crippen LogP contribution in [0.5, 0.6) is 5.75 Å². The predicted octanol–water partition coefficient (Wildman–Crippen LogP) is 9.02. The van der Waals surface area contributed by atoms with Crippen LogP contribution in [0, 0.1) is 5.92 Å². The van der Waals surface area contributed by atoms with Gasteiger partial charge < -0.3 is 10.8 Å². The van der Waals surface area contributed by atoms with Crippen molar-refractivity contribution in [3.8, 4) is 5.75 Å². The van der Waals surface area contributed by atoms with Crippen molar-refractivity contribution < 1.29 is 5.11 Å². The van der Waals surface area contributed by atoms with E-state index in [4.69, 9.17) is 10.8 Å². The normalized spacial score (nSPS) is 11.7. The molecule has 1 atom stereocenters. The van der Waals surface area contributed by atoms with Gasteiger partial charge in [-0.05, 0) is 37.4 Å². The van der Waals surface area contributed by atoms with Gasteiger partial charge in [-0.1, -0.05) is 135 Å². The van der Waals surface area contributed by atoms with E-state index in [2.05, 4.69) is 13.8 Å². The molecule has 0 aliphatic heterocycles. The minimum atomic E-state index is 0.322. The van der Waals surface area contributed by atoms with E-state index in [9.17, 15) is 0 Å². The Kier molecular flexibility index (Phi) is 23.4. The minimum absolute atomic E-state index is 0.322. The molecule has 0 heterocycles. The van der Waals surface area contributed by atoms with E-state index in [-0.39, 0.29) is 0 Å². The zero-order chi connectivity index (χ0) is 22.1. The lowest BCUT2D eigenvalue weighted by atomic mass is 9.90. The van der Waals surface area contributed by atoms with Gasteiger partial charge in [-0.3, -0.25) is 0 Å². The summed E-state index contributed by atoms with van der Waals surface area (Å²) in [5, 5.41) is 8.63. The summed E-state index contributed by atoms with van der Waals surface area (Å²) in [6.07, 6.45) is 25.7. The van der Waals surface area contributed by atoms with Gasteiger partial charge in [0.25, 0.3) is 0 Å². The molecule has 2 heteroatoms. The molecule has 0 saturated carbocycles. The maximum atomic E-state index is 8.63. The van der Waals surface area contributed by atoms with Gasteiger partial charge in [-0.15, -0.1) is 0 Å². The molecule has 0 bridgehead atoms. The Labute approximate surface area is 189 Å². The monoisotopic (exact) mass is 419 g/mol. The van der Waals surface area contributed by atoms with Crippen molar-refractivity contribution in [2.24, 2.45) is 11.7 Å². The molecule has 0 amide bonds. The molecule has 0 aliphatic carbocycles. The lowest BCUT2D eigenvalue weighted by molar-refractivity contribution is 0.375. The number of unbranched alkanes of at least 4 members (excludes halogenated alkanes) is 12. The van der Waals surface area contributed by atoms with Crippen molar-refractivity contribution in [2.45, 2.75) is 129 Å². The van der Waals surface area contributed by atoms with Gasteiger partial charge in [-0.25, -0.2) is 0 Å². The van der Waals surface area contributed by atoms with Crippen molar-refractivity contribution in [2.75, 3.05) is 6.54 Å². The summed E-state index contributed by atoms with van der Waals surface area (Å²) in [6.45, 7) is 5.48. The summed E-state index contributed by atoms with van der Waals surface area (Å²) < 4.78 is 0. The topological polar surface area (TPSA) is 46.2 Å². The van der Waals surface area contributed by atoms with Crippen LogP contribution < -0.4 is 5.73 Å². The first-order valence-electron chi connectivity index (χ1n) is 13.2. The molecule has 0 spiro atoms. The van der Waals surface area contributed by atoms with Gasteiger partial charge in [0.15, 0.2) is 0 Å². The van der Waals surface area contributed by atoms with Crippen LogP contribution in [0.3, 0.4) is 0 Å². The van der Waals surface area contributed by atoms with Crippen LogP contribution in [0.1, 0.15) is 129 Å². The fourth-order valence-corrected chi connectivity index (χ4v) is 4.05. The first kappa shape index (κ1) is 29.0. The molecule has 0 radical (unpaired) electrons. The number of phenols is 1. The van der Waals surface area contributed by atoms with Crippen molar-refractivity contribution in [1.29, 1.82) is 0 Å². The summed E-state index contributed by atoms with van der Waals surface area (Å²) in [4.78, 5) is 0. The summed E-state index contributed by atoms with van der Waals surface area (Å²) in [6, 6.07) is 8.71. The van der Waals surface area contributed by atoms with Gasteiger partial charge in [0.1, 0.15) is 5.75 Å². The van der Waals surface area contributed by atoms with Crippen molar-refractivity contribution in [3.63, 3.8) is 0 Å². The van der Waals surface area contributed by atoms with Crippen molar-refractivity contribution >= 4 is 0 Å². The van der Waals surface area contributed by atoms with Crippen LogP contribution in [-0.2, 0) is 0 Å². The van der Waals surface area contributed by atoms with Gasteiger partial charge in [0.05, 0.1) is 0 Å². The summed E-state index contributed by atoms with van der Waals surface area (Å²) in [7, 11) is 0. The number of para-hydroxylation sites is 1. The Hall–Kier alpha value is -1.02. The second-order valence-electron chi connectivity index (χ2n) is 8.95. The smallest absolute Gasteiger partial charge is 0.115 e. The summed E-state index contributed by atoms with van der Waals surface area (Å²) >= 11 is 0. The summed E-state index contributed by atoms with van der Waals surface area (Å²) in [5.74, 6) is 1.28. The summed E-state index contributed by atoms with van der Waals surface area (Å²) in [5.41, 5.74) is 5.71. The SMILES string of the molecule is CCCCCCCCCCCCC(CCCN)CCCCCC.Oc1ccccc1. The number of hydrogen-bond acceptors (Lipinski definition) is 2. The molecule has 0 aromatic heterocycles. The van der Waals surface area contributed by atoms with Crippen LogP contribution >= 0.6 is 0 Å². The molecular formula is C28H53NO. The molecule has 1 rings (SSSR count). The molecule has 1 aromatic carbocycles. The molecule has 30 heavy (non-hydrogen) atoms. The van der Waals surface area contributed by atoms with Gasteiger partial charge in [-0.2, -0.15) is 0 Å². The molecular weight excluding hydrogens is 366 g/mol. The Morgan fingerprint density at radius 1 is 0.600 bits per heavy atom. The first-order valence-corrected chi connectivity index (χ1v) is 13.2. The second kappa shape index (κ2) is 24.3. The average molecular weight is 420 g/mol. The first-order chi connectivity index (χ1) is 14.7. The number of rotatable bonds is 19. The lowest BCUT2D eigenvalue weighted by Gasteiger charge is -2.16. The van der Waals surface area contributed by atoms with Gasteiger partial charge in [0, 0.05) is 0 Å². The van der Waals surface area contributed by atoms with Crippen LogP contribution in [0.15, 0.2) is 30.3 Å². The molecule has 2 nitrogen and oxygen atoms in total. The Balaban J connectivity index is 0.000001000. The van der Waals surface area contributed by atoms with E-state index in [0.717, 1.165) is 12.5 Å². The molecule has 1 unspecified atom stereocenters. The number of nitrogens with two attached hydrogens (primary N) is 1. The fraction of sp³-hybridized carbons (Fsp3) is 0.786. The number of hydrogen-bond donors (Lipinski definition) is 2. The van der Waals surface area contributed by atoms with Gasteiger partial charge >= 0.3 is 0 Å². The van der Waals surface area contributed by atoms with Crippen LogP contribution in [0.4, 0.5) is 0 Å². The maximum Gasteiger partial charge on any atom is 0.115 e. The van der Waals surface area contributed by atoms with E-state index in [0.29, 0.717) is 5.75 Å². The van der Waals surface area contributed by atoms with Gasteiger partial charge in [0.2, 0.25) is 0 Å². The van der Waals surface area contributed by atoms with Crippen LogP contribution in [0.2, 0.25) is 0 Å². The number of aromatic hydroxyl groups is 1. The van der Waals surface area contributed by atoms with E-state index in [1.54, 1.807) is 24.3 Å². The second-order valence-corrected chi connectivity index (χ2v) is 8.95. The highest BCUT2D eigenvalue weighted by Gasteiger charge is 2.08. The quantitative estimate of drug-likeness (QED) is 0.220. The third-order valence-corrected chi connectivity index (χ3v) is 6.00. The van der Waals surface area contributed by atoms with E-state index in [1.807, 2.05) is 6.07 Å². The van der Waals surface area contributed by atoms with Crippen molar-refractivity contribution in [3.05, 3.63) is 30.3 Å². The standard InChI is InChI=1S/C22H47N.C6H6O/c1-3-5-7-9-10-11-12-13-14-16-19-22(20-17-21-23)18-15-8-6-4-2;7-6-4-2-1-3-5-6/h22H,3-21,23H2,1-2H3;1-5,7H. The molecule has 176 valence electrons. The Bertz CT molecular complexity index is 420. The van der Waals surface area contributed by atoms with E-state index < -0.39 is 0 Å². The fourth-order valence-electron chi connectivity index (χ4n) is 4.05. The van der Waals surface area contributed by atoms with Crippen molar-refractivity contribution in [1.82, 2.24) is 0 Å². The Morgan fingerprint density at radius 3 is 1.40 bits per heavy atom. The van der Waals surface area contributed by atoms with E-state index in [1.165, 1.54) is 116 Å². The highest BCUT2D eigenvalue weighted by Crippen LogP contribution is 2.23. The maximum absolute atomic E-state index is 8.63. The van der Waals surface area contributed by atoms with E-state index >= 15 is 0 Å². The number of benzene rings is 1. The Morgan fingerprint density at radius 2 is 1.00 bits per heavy atom. The molecule has 0 saturated heterocycles. The zero-order valence-electron chi connectivity index (χ0n) is 20.4. The highest BCUT2D eigenvalue weighted by atomic mass is 16.3. The largest absolute Gasteiger partial charge is 0.508 e. The molecule has 1 aromatic rings. The molecule has 3 N–H and O–H groups in total. The predicted molar refractivity (Wildman–Crippen MR) is 135 cm³/mol.